The second-order valence-corrected chi connectivity index (χ2v) is 8.63. The van der Waals surface area contributed by atoms with Gasteiger partial charge in [0.1, 0.15) is 11.6 Å². The maximum Gasteiger partial charge on any atom is 0.268 e. The Hall–Kier alpha value is -4.12. The number of rotatable bonds is 11. The van der Waals surface area contributed by atoms with Gasteiger partial charge in [-0.3, -0.25) is 4.79 Å². The molecule has 4 aromatic rings. The largest absolute Gasteiger partial charge is 0.481 e. The van der Waals surface area contributed by atoms with E-state index in [1.807, 2.05) is 32.9 Å². The number of benzene rings is 2. The van der Waals surface area contributed by atoms with E-state index in [0.717, 1.165) is 5.56 Å². The predicted octanol–water partition coefficient (Wildman–Crippen LogP) is 4.69. The summed E-state index contributed by atoms with van der Waals surface area (Å²) in [5.74, 6) is 0.959. The molecule has 0 bridgehead atoms. The van der Waals surface area contributed by atoms with Crippen LogP contribution in [-0.2, 0) is 0 Å². The van der Waals surface area contributed by atoms with Crippen LogP contribution in [0.25, 0.3) is 22.8 Å². The highest BCUT2D eigenvalue weighted by molar-refractivity contribution is 5.94. The van der Waals surface area contributed by atoms with Crippen molar-refractivity contribution in [3.8, 4) is 28.5 Å². The summed E-state index contributed by atoms with van der Waals surface area (Å²) in [5, 5.41) is 19.3. The highest BCUT2D eigenvalue weighted by atomic mass is 19.1. The third-order valence-corrected chi connectivity index (χ3v) is 5.51. The summed E-state index contributed by atoms with van der Waals surface area (Å²) in [6, 6.07) is 11.3. The number of aliphatic hydroxyl groups excluding tert-OH is 1. The molecule has 0 saturated heterocycles. The van der Waals surface area contributed by atoms with Crippen LogP contribution in [0.3, 0.4) is 0 Å². The third-order valence-electron chi connectivity index (χ3n) is 5.51. The summed E-state index contributed by atoms with van der Waals surface area (Å²) < 4.78 is 31.3. The van der Waals surface area contributed by atoms with Crippen molar-refractivity contribution in [2.75, 3.05) is 13.2 Å². The summed E-state index contributed by atoms with van der Waals surface area (Å²) in [4.78, 5) is 20.9. The number of aliphatic hydroxyl groups is 1. The van der Waals surface area contributed by atoms with Gasteiger partial charge in [0, 0.05) is 30.2 Å². The second kappa shape index (κ2) is 11.7. The van der Waals surface area contributed by atoms with Crippen LogP contribution in [-0.4, -0.2) is 44.4 Å². The zero-order valence-corrected chi connectivity index (χ0v) is 20.8. The Morgan fingerprint density at radius 2 is 1.68 bits per heavy atom. The van der Waals surface area contributed by atoms with Gasteiger partial charge < -0.3 is 24.2 Å². The number of carbonyl (C=O) groups is 1. The Bertz CT molecular complexity index is 1340. The lowest BCUT2D eigenvalue weighted by Gasteiger charge is -2.13. The van der Waals surface area contributed by atoms with Crippen LogP contribution in [0, 0.1) is 5.82 Å². The summed E-state index contributed by atoms with van der Waals surface area (Å²) >= 11 is 0. The Morgan fingerprint density at radius 1 is 1.03 bits per heavy atom. The molecule has 2 heterocycles. The summed E-state index contributed by atoms with van der Waals surface area (Å²) in [7, 11) is 0. The van der Waals surface area contributed by atoms with E-state index in [4.69, 9.17) is 18.9 Å². The van der Waals surface area contributed by atoms with Crippen molar-refractivity contribution in [2.24, 2.45) is 0 Å². The standard InChI is InChI=1S/C26H28FN5O5/c1-4-21(35-18-9-6-16(7-10-18)22-29-25(15(2)3)36-31-22)26-30-23(32-37-26)17-8-11-19(20(27)14-17)24(34)28-12-5-13-33/h6-11,14-15,21,33H,4-5,12-13H2,1-3H3,(H,28,34). The van der Waals surface area contributed by atoms with Crippen molar-refractivity contribution in [2.45, 2.75) is 45.6 Å². The smallest absolute Gasteiger partial charge is 0.268 e. The minimum atomic E-state index is -0.712. The predicted molar refractivity (Wildman–Crippen MR) is 131 cm³/mol. The molecule has 4 rings (SSSR count). The molecule has 0 aliphatic carbocycles. The highest BCUT2D eigenvalue weighted by Crippen LogP contribution is 2.28. The number of carbonyl (C=O) groups excluding carboxylic acids is 1. The van der Waals surface area contributed by atoms with Gasteiger partial charge in [-0.1, -0.05) is 37.2 Å². The Morgan fingerprint density at radius 3 is 2.30 bits per heavy atom. The van der Waals surface area contributed by atoms with Gasteiger partial charge in [0.2, 0.25) is 17.5 Å². The van der Waals surface area contributed by atoms with E-state index < -0.39 is 17.8 Å². The fourth-order valence-corrected chi connectivity index (χ4v) is 3.44. The van der Waals surface area contributed by atoms with Crippen LogP contribution in [0.15, 0.2) is 51.5 Å². The van der Waals surface area contributed by atoms with E-state index in [1.165, 1.54) is 12.1 Å². The first-order chi connectivity index (χ1) is 17.9. The zero-order chi connectivity index (χ0) is 26.4. The van der Waals surface area contributed by atoms with E-state index >= 15 is 0 Å². The van der Waals surface area contributed by atoms with Crippen LogP contribution >= 0.6 is 0 Å². The second-order valence-electron chi connectivity index (χ2n) is 8.63. The molecular formula is C26H28FN5O5. The Labute approximate surface area is 212 Å². The molecule has 0 saturated carbocycles. The number of halogens is 1. The van der Waals surface area contributed by atoms with Crippen molar-refractivity contribution in [1.29, 1.82) is 0 Å². The number of amides is 1. The van der Waals surface area contributed by atoms with Gasteiger partial charge in [-0.15, -0.1) is 0 Å². The van der Waals surface area contributed by atoms with Crippen LogP contribution in [0.2, 0.25) is 0 Å². The van der Waals surface area contributed by atoms with E-state index in [-0.39, 0.29) is 36.3 Å². The molecule has 194 valence electrons. The maximum absolute atomic E-state index is 14.6. The normalized spacial score (nSPS) is 12.1. The average molecular weight is 510 g/mol. The van der Waals surface area contributed by atoms with Gasteiger partial charge in [0.15, 0.2) is 6.10 Å². The first-order valence-electron chi connectivity index (χ1n) is 12.0. The topological polar surface area (TPSA) is 136 Å². The lowest BCUT2D eigenvalue weighted by Crippen LogP contribution is -2.25. The first-order valence-corrected chi connectivity index (χ1v) is 12.0. The van der Waals surface area contributed by atoms with Gasteiger partial charge in [0.25, 0.3) is 11.8 Å². The van der Waals surface area contributed by atoms with E-state index in [9.17, 15) is 9.18 Å². The monoisotopic (exact) mass is 509 g/mol. The molecule has 11 heteroatoms. The molecule has 2 N–H and O–H groups in total. The van der Waals surface area contributed by atoms with Gasteiger partial charge in [0.05, 0.1) is 5.56 Å². The molecule has 0 radical (unpaired) electrons. The number of hydrogen-bond acceptors (Lipinski definition) is 9. The lowest BCUT2D eigenvalue weighted by molar-refractivity contribution is 0.0947. The SMILES string of the molecule is CCC(Oc1ccc(-c2noc(C(C)C)n2)cc1)c1nc(-c2ccc(C(=O)NCCCO)c(F)c2)no1. The van der Waals surface area contributed by atoms with Gasteiger partial charge in [-0.05, 0) is 49.2 Å². The number of hydrogen-bond donors (Lipinski definition) is 2. The van der Waals surface area contributed by atoms with Crippen molar-refractivity contribution < 1.29 is 28.1 Å². The Kier molecular flexibility index (Phi) is 8.24. The molecule has 0 spiro atoms. The molecule has 10 nitrogen and oxygen atoms in total. The minimum absolute atomic E-state index is 0.0604. The van der Waals surface area contributed by atoms with Crippen molar-refractivity contribution in [1.82, 2.24) is 25.6 Å². The van der Waals surface area contributed by atoms with Crippen molar-refractivity contribution >= 4 is 5.91 Å². The molecule has 1 unspecified atom stereocenters. The fourth-order valence-electron chi connectivity index (χ4n) is 3.44. The van der Waals surface area contributed by atoms with Gasteiger partial charge >= 0.3 is 0 Å². The molecule has 2 aromatic heterocycles. The molecule has 0 aliphatic heterocycles. The summed E-state index contributed by atoms with van der Waals surface area (Å²) in [6.45, 7) is 6.07. The first kappa shape index (κ1) is 26.0. The van der Waals surface area contributed by atoms with Crippen molar-refractivity contribution in [3.63, 3.8) is 0 Å². The van der Waals surface area contributed by atoms with E-state index in [0.29, 0.717) is 35.9 Å². The lowest BCUT2D eigenvalue weighted by atomic mass is 10.1. The molecular weight excluding hydrogens is 481 g/mol. The van der Waals surface area contributed by atoms with E-state index in [1.54, 1.807) is 18.2 Å². The van der Waals surface area contributed by atoms with Gasteiger partial charge in [-0.2, -0.15) is 9.97 Å². The quantitative estimate of drug-likeness (QED) is 0.276. The fraction of sp³-hybridized carbons (Fsp3) is 0.346. The highest BCUT2D eigenvalue weighted by Gasteiger charge is 2.21. The third kappa shape index (κ3) is 6.18. The molecule has 1 atom stereocenters. The number of aromatic nitrogens is 4. The molecule has 0 aliphatic rings. The van der Waals surface area contributed by atoms with Crippen molar-refractivity contribution in [3.05, 3.63) is 65.6 Å². The maximum atomic E-state index is 14.6. The number of ether oxygens (including phenoxy) is 1. The van der Waals surface area contributed by atoms with Crippen LogP contribution < -0.4 is 10.1 Å². The summed E-state index contributed by atoms with van der Waals surface area (Å²) in [5.41, 5.74) is 1.05. The zero-order valence-electron chi connectivity index (χ0n) is 20.8. The van der Waals surface area contributed by atoms with Gasteiger partial charge in [-0.25, -0.2) is 4.39 Å². The molecule has 2 aromatic carbocycles. The summed E-state index contributed by atoms with van der Waals surface area (Å²) in [6.07, 6.45) is 0.416. The minimum Gasteiger partial charge on any atom is -0.481 e. The van der Waals surface area contributed by atoms with Crippen LogP contribution in [0.1, 0.15) is 67.8 Å². The average Bonchev–Trinajstić information content (AvgIpc) is 3.58. The van der Waals surface area contributed by atoms with Crippen LogP contribution in [0.5, 0.6) is 5.75 Å². The van der Waals surface area contributed by atoms with E-state index in [2.05, 4.69) is 25.6 Å². The number of nitrogens with one attached hydrogen (secondary N) is 1. The number of nitrogens with zero attached hydrogens (tertiary/aromatic N) is 4. The molecule has 1 amide bonds. The molecule has 37 heavy (non-hydrogen) atoms. The molecule has 0 fully saturated rings. The Balaban J connectivity index is 1.44. The van der Waals surface area contributed by atoms with Crippen LogP contribution in [0.4, 0.5) is 4.39 Å².